The van der Waals surface area contributed by atoms with Gasteiger partial charge >= 0.3 is 11.7 Å². The monoisotopic (exact) mass is 562 g/mol. The van der Waals surface area contributed by atoms with Crippen molar-refractivity contribution < 1.29 is 24.3 Å². The number of aliphatic carboxylic acids is 1. The van der Waals surface area contributed by atoms with E-state index in [1.165, 1.54) is 6.07 Å². The summed E-state index contributed by atoms with van der Waals surface area (Å²) in [5.74, 6) is -4.63. The van der Waals surface area contributed by atoms with E-state index in [0.717, 1.165) is 15.5 Å². The first-order valence-corrected chi connectivity index (χ1v) is 12.9. The number of benzene rings is 2. The first-order chi connectivity index (χ1) is 19.5. The van der Waals surface area contributed by atoms with E-state index < -0.39 is 65.4 Å². The number of fused-ring (bicyclic) bond motifs is 2. The van der Waals surface area contributed by atoms with Crippen LogP contribution in [0.1, 0.15) is 31.9 Å². The van der Waals surface area contributed by atoms with E-state index in [1.807, 2.05) is 24.3 Å². The minimum absolute atomic E-state index is 0.0803. The smallest absolute Gasteiger partial charge is 0.329 e. The van der Waals surface area contributed by atoms with Gasteiger partial charge in [-0.2, -0.15) is 0 Å². The summed E-state index contributed by atoms with van der Waals surface area (Å²) in [5, 5.41) is 15.2. The Balaban J connectivity index is 1.75. The molecule has 0 fully saturated rings. The predicted octanol–water partition coefficient (Wildman–Crippen LogP) is 0.541. The van der Waals surface area contributed by atoms with Gasteiger partial charge in [0.2, 0.25) is 17.7 Å². The molecule has 0 saturated carbocycles. The van der Waals surface area contributed by atoms with Gasteiger partial charge in [0.15, 0.2) is 0 Å². The normalized spacial score (nSPS) is 13.5. The Labute approximate surface area is 232 Å². The standard InChI is InChI=1S/C28H30N6O7/c1-14(2)23(25(37)31-20(27(39)40)12-22(29)35)33-24(36)21(11-15-13-30-18-9-5-3-7-16(15)18)34-26(38)17-8-4-6-10-19(17)32-28(34)41/h3-10,13-14,20-21,23,30H,11-12H2,1-2H3,(H2,29,35)(H,31,37)(H,32,41)(H,33,36)(H,39,40). The number of carbonyl (C=O) groups is 4. The van der Waals surface area contributed by atoms with Crippen LogP contribution < -0.4 is 27.6 Å². The molecule has 2 aromatic heterocycles. The van der Waals surface area contributed by atoms with Gasteiger partial charge in [0.1, 0.15) is 18.1 Å². The lowest BCUT2D eigenvalue weighted by atomic mass is 10.00. The van der Waals surface area contributed by atoms with Crippen molar-refractivity contribution in [1.29, 1.82) is 0 Å². The zero-order valence-corrected chi connectivity index (χ0v) is 22.3. The van der Waals surface area contributed by atoms with Crippen molar-refractivity contribution in [2.24, 2.45) is 11.7 Å². The summed E-state index contributed by atoms with van der Waals surface area (Å²) >= 11 is 0. The fraction of sp³-hybridized carbons (Fsp3) is 0.286. The second kappa shape index (κ2) is 11.9. The number of aromatic amines is 2. The number of nitrogens with zero attached hydrogens (tertiary/aromatic N) is 1. The van der Waals surface area contributed by atoms with E-state index in [4.69, 9.17) is 5.73 Å². The highest BCUT2D eigenvalue weighted by atomic mass is 16.4. The van der Waals surface area contributed by atoms with Crippen LogP contribution in [0.4, 0.5) is 0 Å². The molecule has 214 valence electrons. The average molecular weight is 563 g/mol. The van der Waals surface area contributed by atoms with Crippen LogP contribution in [0.5, 0.6) is 0 Å². The zero-order chi connectivity index (χ0) is 29.8. The highest BCUT2D eigenvalue weighted by Gasteiger charge is 2.33. The van der Waals surface area contributed by atoms with E-state index >= 15 is 0 Å². The fourth-order valence-corrected chi connectivity index (χ4v) is 4.72. The number of nitrogens with two attached hydrogens (primary N) is 1. The van der Waals surface area contributed by atoms with Crippen LogP contribution in [0.15, 0.2) is 64.3 Å². The van der Waals surface area contributed by atoms with Crippen LogP contribution in [0.3, 0.4) is 0 Å². The maximum atomic E-state index is 13.9. The molecular weight excluding hydrogens is 532 g/mol. The van der Waals surface area contributed by atoms with Crippen molar-refractivity contribution in [2.45, 2.75) is 44.8 Å². The number of hydrogen-bond donors (Lipinski definition) is 6. The topological polar surface area (TPSA) is 209 Å². The zero-order valence-electron chi connectivity index (χ0n) is 22.3. The molecule has 3 unspecified atom stereocenters. The van der Waals surface area contributed by atoms with Crippen molar-refractivity contribution in [2.75, 3.05) is 0 Å². The predicted molar refractivity (Wildman–Crippen MR) is 150 cm³/mol. The number of carbonyl (C=O) groups excluding carboxylic acids is 3. The number of nitrogens with one attached hydrogen (secondary N) is 4. The van der Waals surface area contributed by atoms with Crippen molar-refractivity contribution in [3.05, 3.63) is 81.1 Å². The summed E-state index contributed by atoms with van der Waals surface area (Å²) in [6.45, 7) is 3.25. The number of carboxylic acids is 1. The SMILES string of the molecule is CC(C)C(NC(=O)C(Cc1c[nH]c2ccccc12)n1c(=O)[nH]c2ccccc2c1=O)C(=O)NC(CC(N)=O)C(=O)O. The van der Waals surface area contributed by atoms with E-state index in [0.29, 0.717) is 11.1 Å². The third kappa shape index (κ3) is 6.19. The van der Waals surface area contributed by atoms with Gasteiger partial charge in [-0.1, -0.05) is 44.2 Å². The molecule has 0 bridgehead atoms. The molecule has 41 heavy (non-hydrogen) atoms. The number of carboxylic acid groups (broad SMARTS) is 1. The fourth-order valence-electron chi connectivity index (χ4n) is 4.72. The molecule has 2 aromatic carbocycles. The Morgan fingerprint density at radius 3 is 2.20 bits per heavy atom. The molecule has 0 radical (unpaired) electrons. The van der Waals surface area contributed by atoms with E-state index in [9.17, 15) is 33.9 Å². The Kier molecular flexibility index (Phi) is 8.36. The van der Waals surface area contributed by atoms with Crippen molar-refractivity contribution >= 4 is 45.5 Å². The second-order valence-electron chi connectivity index (χ2n) is 10.0. The van der Waals surface area contributed by atoms with Crippen LogP contribution >= 0.6 is 0 Å². The lowest BCUT2D eigenvalue weighted by molar-refractivity contribution is -0.144. The molecule has 4 aromatic rings. The maximum absolute atomic E-state index is 13.9. The molecular formula is C28H30N6O7. The Morgan fingerprint density at radius 2 is 1.56 bits per heavy atom. The summed E-state index contributed by atoms with van der Waals surface area (Å²) in [7, 11) is 0. The molecule has 3 atom stereocenters. The Hall–Kier alpha value is -5.20. The summed E-state index contributed by atoms with van der Waals surface area (Å²) in [6.07, 6.45) is 0.951. The van der Waals surface area contributed by atoms with E-state index in [-0.39, 0.29) is 11.8 Å². The lowest BCUT2D eigenvalue weighted by Gasteiger charge is -2.26. The molecule has 0 aliphatic rings. The number of hydrogen-bond acceptors (Lipinski definition) is 6. The average Bonchev–Trinajstić information content (AvgIpc) is 3.32. The minimum atomic E-state index is -1.61. The van der Waals surface area contributed by atoms with Gasteiger partial charge in [-0.15, -0.1) is 0 Å². The van der Waals surface area contributed by atoms with Gasteiger partial charge in [0.05, 0.1) is 17.3 Å². The maximum Gasteiger partial charge on any atom is 0.329 e. The molecule has 4 rings (SSSR count). The lowest BCUT2D eigenvalue weighted by Crippen LogP contribution is -2.56. The third-order valence-corrected chi connectivity index (χ3v) is 6.81. The van der Waals surface area contributed by atoms with Gasteiger partial charge < -0.3 is 31.4 Å². The van der Waals surface area contributed by atoms with Gasteiger partial charge in [-0.25, -0.2) is 14.2 Å². The number of rotatable bonds is 11. The number of H-pyrrole nitrogens is 2. The number of primary amides is 1. The Bertz CT molecular complexity index is 1750. The number of amides is 3. The molecule has 0 spiro atoms. The van der Waals surface area contributed by atoms with Gasteiger partial charge in [-0.3, -0.25) is 19.2 Å². The van der Waals surface area contributed by atoms with E-state index in [1.54, 1.807) is 38.2 Å². The van der Waals surface area contributed by atoms with Crippen LogP contribution in [-0.2, 0) is 25.6 Å². The van der Waals surface area contributed by atoms with Gasteiger partial charge in [0.25, 0.3) is 5.56 Å². The summed E-state index contributed by atoms with van der Waals surface area (Å²) in [5.41, 5.74) is 5.35. The summed E-state index contributed by atoms with van der Waals surface area (Å²) in [6, 6.07) is 9.45. The van der Waals surface area contributed by atoms with Crippen molar-refractivity contribution in [3.63, 3.8) is 0 Å². The molecule has 13 nitrogen and oxygen atoms in total. The van der Waals surface area contributed by atoms with Gasteiger partial charge in [0, 0.05) is 23.5 Å². The minimum Gasteiger partial charge on any atom is -0.480 e. The van der Waals surface area contributed by atoms with Crippen molar-refractivity contribution in [3.8, 4) is 0 Å². The summed E-state index contributed by atoms with van der Waals surface area (Å²) in [4.78, 5) is 82.3. The number of aromatic nitrogens is 3. The van der Waals surface area contributed by atoms with Crippen molar-refractivity contribution in [1.82, 2.24) is 25.2 Å². The first kappa shape index (κ1) is 28.8. The van der Waals surface area contributed by atoms with Crippen LogP contribution in [0.25, 0.3) is 21.8 Å². The molecule has 2 heterocycles. The molecule has 0 aliphatic carbocycles. The first-order valence-electron chi connectivity index (χ1n) is 12.9. The van der Waals surface area contributed by atoms with Crippen LogP contribution in [-0.4, -0.2) is 55.4 Å². The van der Waals surface area contributed by atoms with E-state index in [2.05, 4.69) is 20.6 Å². The molecule has 3 amide bonds. The molecule has 0 aliphatic heterocycles. The molecule has 0 saturated heterocycles. The highest BCUT2D eigenvalue weighted by molar-refractivity contribution is 5.93. The third-order valence-electron chi connectivity index (χ3n) is 6.81. The molecule has 7 N–H and O–H groups in total. The van der Waals surface area contributed by atoms with Gasteiger partial charge in [-0.05, 0) is 29.7 Å². The Morgan fingerprint density at radius 1 is 0.927 bits per heavy atom. The largest absolute Gasteiger partial charge is 0.480 e. The van der Waals surface area contributed by atoms with Crippen LogP contribution in [0.2, 0.25) is 0 Å². The molecule has 13 heteroatoms. The highest BCUT2D eigenvalue weighted by Crippen LogP contribution is 2.23. The summed E-state index contributed by atoms with van der Waals surface area (Å²) < 4.78 is 0.821. The second-order valence-corrected chi connectivity index (χ2v) is 10.0. The van der Waals surface area contributed by atoms with Crippen LogP contribution in [0, 0.1) is 5.92 Å². The quantitative estimate of drug-likeness (QED) is 0.153. The number of para-hydroxylation sites is 2.